The van der Waals surface area contributed by atoms with Crippen molar-refractivity contribution in [1.82, 2.24) is 10.2 Å². The lowest BCUT2D eigenvalue weighted by molar-refractivity contribution is -0.125. The first-order valence-corrected chi connectivity index (χ1v) is 11.4. The van der Waals surface area contributed by atoms with Crippen molar-refractivity contribution in [3.05, 3.63) is 45.1 Å². The minimum Gasteiger partial charge on any atom is -0.497 e. The second-order valence-electron chi connectivity index (χ2n) is 7.80. The average molecular weight is 445 g/mol. The number of hydrogen-bond donors (Lipinski definition) is 1. The molecule has 0 bridgehead atoms. The van der Waals surface area contributed by atoms with Crippen molar-refractivity contribution in [3.63, 3.8) is 0 Å². The number of amides is 2. The van der Waals surface area contributed by atoms with Gasteiger partial charge in [-0.25, -0.2) is 0 Å². The van der Waals surface area contributed by atoms with E-state index >= 15 is 0 Å². The highest BCUT2D eigenvalue weighted by atomic mass is 32.1. The summed E-state index contributed by atoms with van der Waals surface area (Å²) in [6.07, 6.45) is 2.29. The molecule has 0 spiro atoms. The molecule has 2 aliphatic rings. The fourth-order valence-corrected chi connectivity index (χ4v) is 5.30. The van der Waals surface area contributed by atoms with Crippen LogP contribution in [-0.2, 0) is 28.9 Å². The standard InChI is InChI=1S/C23H28N2O5S/c1-28-18-4-5-19(29-2)17(12-18)14-24-22(26)15-3-6-20-16(11-15)13-21(31-20)23(27)25-7-9-30-10-8-25/h4-5,12-13,15H,3,6-11,14H2,1-2H3,(H,24,26)/t15-/m1/s1. The van der Waals surface area contributed by atoms with Crippen molar-refractivity contribution in [2.24, 2.45) is 5.92 Å². The van der Waals surface area contributed by atoms with Crippen LogP contribution in [0.25, 0.3) is 0 Å². The number of morpholine rings is 1. The van der Waals surface area contributed by atoms with Crippen molar-refractivity contribution in [2.75, 3.05) is 40.5 Å². The van der Waals surface area contributed by atoms with E-state index in [2.05, 4.69) is 5.32 Å². The minimum atomic E-state index is -0.0926. The summed E-state index contributed by atoms with van der Waals surface area (Å²) in [6, 6.07) is 7.54. The van der Waals surface area contributed by atoms with E-state index in [1.165, 1.54) is 4.88 Å². The van der Waals surface area contributed by atoms with Crippen molar-refractivity contribution in [1.29, 1.82) is 0 Å². The van der Waals surface area contributed by atoms with E-state index in [0.29, 0.717) is 39.3 Å². The molecule has 31 heavy (non-hydrogen) atoms. The summed E-state index contributed by atoms with van der Waals surface area (Å²) in [6.45, 7) is 2.85. The molecular weight excluding hydrogens is 416 g/mol. The summed E-state index contributed by atoms with van der Waals surface area (Å²) >= 11 is 1.58. The Labute approximate surface area is 186 Å². The lowest BCUT2D eigenvalue weighted by Crippen LogP contribution is -2.40. The van der Waals surface area contributed by atoms with Gasteiger partial charge in [0.1, 0.15) is 11.5 Å². The number of benzene rings is 1. The van der Waals surface area contributed by atoms with Gasteiger partial charge in [0.15, 0.2) is 0 Å². The van der Waals surface area contributed by atoms with E-state index in [1.807, 2.05) is 29.2 Å². The number of rotatable bonds is 6. The Morgan fingerprint density at radius 1 is 1.19 bits per heavy atom. The lowest BCUT2D eigenvalue weighted by Gasteiger charge is -2.26. The third-order valence-corrected chi connectivity index (χ3v) is 7.13. The molecule has 166 valence electrons. The van der Waals surface area contributed by atoms with Gasteiger partial charge in [-0.05, 0) is 49.1 Å². The Kier molecular flexibility index (Phi) is 6.77. The maximum Gasteiger partial charge on any atom is 0.264 e. The number of nitrogens with zero attached hydrogens (tertiary/aromatic N) is 1. The van der Waals surface area contributed by atoms with Crippen molar-refractivity contribution >= 4 is 23.2 Å². The zero-order valence-electron chi connectivity index (χ0n) is 17.9. The summed E-state index contributed by atoms with van der Waals surface area (Å²) in [5.74, 6) is 1.46. The van der Waals surface area contributed by atoms with Crippen LogP contribution in [0.5, 0.6) is 11.5 Å². The number of nitrogens with one attached hydrogen (secondary N) is 1. The Bertz CT molecular complexity index is 951. The predicted octanol–water partition coefficient (Wildman–Crippen LogP) is 2.66. The molecule has 0 unspecified atom stereocenters. The summed E-state index contributed by atoms with van der Waals surface area (Å²) in [5.41, 5.74) is 2.01. The molecule has 2 heterocycles. The summed E-state index contributed by atoms with van der Waals surface area (Å²) in [5, 5.41) is 3.05. The topological polar surface area (TPSA) is 77.1 Å². The van der Waals surface area contributed by atoms with E-state index in [4.69, 9.17) is 14.2 Å². The van der Waals surface area contributed by atoms with Gasteiger partial charge in [0.2, 0.25) is 5.91 Å². The molecule has 1 atom stereocenters. The first kappa shape index (κ1) is 21.6. The van der Waals surface area contributed by atoms with Crippen LogP contribution in [0.2, 0.25) is 0 Å². The second-order valence-corrected chi connectivity index (χ2v) is 8.94. The van der Waals surface area contributed by atoms with Crippen molar-refractivity contribution in [2.45, 2.75) is 25.8 Å². The van der Waals surface area contributed by atoms with Gasteiger partial charge in [-0.3, -0.25) is 9.59 Å². The van der Waals surface area contributed by atoms with E-state index in [-0.39, 0.29) is 17.7 Å². The quantitative estimate of drug-likeness (QED) is 0.741. The monoisotopic (exact) mass is 444 g/mol. The van der Waals surface area contributed by atoms with Crippen molar-refractivity contribution in [3.8, 4) is 11.5 Å². The zero-order valence-corrected chi connectivity index (χ0v) is 18.8. The number of thiophene rings is 1. The molecule has 0 saturated carbocycles. The first-order valence-electron chi connectivity index (χ1n) is 10.6. The molecule has 1 aromatic carbocycles. The predicted molar refractivity (Wildman–Crippen MR) is 118 cm³/mol. The van der Waals surface area contributed by atoms with Crippen LogP contribution < -0.4 is 14.8 Å². The van der Waals surface area contributed by atoms with Gasteiger partial charge >= 0.3 is 0 Å². The lowest BCUT2D eigenvalue weighted by atomic mass is 9.87. The molecule has 1 saturated heterocycles. The fourth-order valence-electron chi connectivity index (χ4n) is 4.12. The van der Waals surface area contributed by atoms with Gasteiger partial charge in [-0.1, -0.05) is 0 Å². The SMILES string of the molecule is COc1ccc(OC)c(CNC(=O)[C@@H]2CCc3sc(C(=O)N4CCOCC4)cc3C2)c1. The van der Waals surface area contributed by atoms with Crippen LogP contribution in [0, 0.1) is 5.92 Å². The van der Waals surface area contributed by atoms with Crippen molar-refractivity contribution < 1.29 is 23.8 Å². The molecule has 8 heteroatoms. The van der Waals surface area contributed by atoms with Gasteiger partial charge < -0.3 is 24.4 Å². The van der Waals surface area contributed by atoms with Crippen LogP contribution in [0.4, 0.5) is 0 Å². The van der Waals surface area contributed by atoms with Crippen LogP contribution in [0.3, 0.4) is 0 Å². The van der Waals surface area contributed by atoms with Gasteiger partial charge in [0, 0.05) is 36.0 Å². The van der Waals surface area contributed by atoms with Crippen LogP contribution in [0.1, 0.15) is 32.1 Å². The molecule has 7 nitrogen and oxygen atoms in total. The molecule has 2 aromatic rings. The molecule has 2 amide bonds. The molecule has 1 aromatic heterocycles. The summed E-state index contributed by atoms with van der Waals surface area (Å²) in [7, 11) is 3.23. The number of fused-ring (bicyclic) bond motifs is 1. The van der Waals surface area contributed by atoms with Gasteiger partial charge in [0.05, 0.1) is 32.3 Å². The molecule has 4 rings (SSSR count). The molecule has 0 radical (unpaired) electrons. The van der Waals surface area contributed by atoms with Crippen LogP contribution in [-0.4, -0.2) is 57.2 Å². The Balaban J connectivity index is 1.38. The van der Waals surface area contributed by atoms with E-state index in [0.717, 1.165) is 40.3 Å². The first-order chi connectivity index (χ1) is 15.1. The number of methoxy groups -OCH3 is 2. The van der Waals surface area contributed by atoms with E-state index in [9.17, 15) is 9.59 Å². The Morgan fingerprint density at radius 2 is 2.00 bits per heavy atom. The van der Waals surface area contributed by atoms with Gasteiger partial charge in [0.25, 0.3) is 5.91 Å². The number of ether oxygens (including phenoxy) is 3. The number of carbonyl (C=O) groups is 2. The Hall–Kier alpha value is -2.58. The van der Waals surface area contributed by atoms with Gasteiger partial charge in [-0.2, -0.15) is 0 Å². The smallest absolute Gasteiger partial charge is 0.264 e. The number of aryl methyl sites for hydroxylation is 1. The summed E-state index contributed by atoms with van der Waals surface area (Å²) in [4.78, 5) is 29.5. The van der Waals surface area contributed by atoms with Gasteiger partial charge in [-0.15, -0.1) is 11.3 Å². The highest BCUT2D eigenvalue weighted by Crippen LogP contribution is 2.33. The normalized spacial score (nSPS) is 18.3. The molecular formula is C23H28N2O5S. The highest BCUT2D eigenvalue weighted by molar-refractivity contribution is 7.14. The summed E-state index contributed by atoms with van der Waals surface area (Å²) < 4.78 is 16.0. The second kappa shape index (κ2) is 9.70. The molecule has 1 fully saturated rings. The Morgan fingerprint density at radius 3 is 2.74 bits per heavy atom. The molecule has 1 aliphatic heterocycles. The third kappa shape index (κ3) is 4.85. The van der Waals surface area contributed by atoms with Crippen LogP contribution in [0.15, 0.2) is 24.3 Å². The maximum atomic E-state index is 12.9. The molecule has 1 aliphatic carbocycles. The minimum absolute atomic E-state index is 0.0304. The van der Waals surface area contributed by atoms with E-state index < -0.39 is 0 Å². The number of carbonyl (C=O) groups excluding carboxylic acids is 2. The zero-order chi connectivity index (χ0) is 21.8. The largest absolute Gasteiger partial charge is 0.497 e. The molecule has 1 N–H and O–H groups in total. The fraction of sp³-hybridized carbons (Fsp3) is 0.478. The van der Waals surface area contributed by atoms with E-state index in [1.54, 1.807) is 25.6 Å². The van der Waals surface area contributed by atoms with Crippen LogP contribution >= 0.6 is 11.3 Å². The highest BCUT2D eigenvalue weighted by Gasteiger charge is 2.29. The average Bonchev–Trinajstić information content (AvgIpc) is 3.25. The maximum absolute atomic E-state index is 12.9. The third-order valence-electron chi connectivity index (χ3n) is 5.90. The number of hydrogen-bond acceptors (Lipinski definition) is 6.